The van der Waals surface area contributed by atoms with Gasteiger partial charge in [0.15, 0.2) is 0 Å². The molecule has 0 radical (unpaired) electrons. The molecule has 0 aromatic heterocycles. The Morgan fingerprint density at radius 2 is 1.24 bits per heavy atom. The van der Waals surface area contributed by atoms with Crippen molar-refractivity contribution in [1.29, 1.82) is 0 Å². The van der Waals surface area contributed by atoms with Crippen LogP contribution in [0.25, 0.3) is 0 Å². The number of benzene rings is 2. The molecule has 0 saturated heterocycles. The van der Waals surface area contributed by atoms with E-state index >= 15 is 0 Å². The fraction of sp³-hybridized carbons (Fsp3) is 0.400. The molecule has 2 rings (SSSR count). The van der Waals surface area contributed by atoms with Crippen LogP contribution in [0.15, 0.2) is 48.5 Å². The molecule has 0 spiro atoms. The van der Waals surface area contributed by atoms with Crippen LogP contribution in [0, 0.1) is 0 Å². The summed E-state index contributed by atoms with van der Waals surface area (Å²) in [5.74, 6) is 1.64. The second-order valence-corrected chi connectivity index (χ2v) is 5.71. The van der Waals surface area contributed by atoms with Gasteiger partial charge >= 0.3 is 0 Å². The van der Waals surface area contributed by atoms with Crippen molar-refractivity contribution < 1.29 is 24.1 Å². The van der Waals surface area contributed by atoms with Crippen molar-refractivity contribution in [3.05, 3.63) is 59.7 Å². The van der Waals surface area contributed by atoms with Crippen LogP contribution in [0.1, 0.15) is 17.5 Å². The molecule has 25 heavy (non-hydrogen) atoms. The van der Waals surface area contributed by atoms with Gasteiger partial charge in [0.1, 0.15) is 11.5 Å². The van der Waals surface area contributed by atoms with E-state index in [4.69, 9.17) is 18.9 Å². The lowest BCUT2D eigenvalue weighted by Gasteiger charge is -2.12. The van der Waals surface area contributed by atoms with Gasteiger partial charge in [0, 0.05) is 6.61 Å². The second-order valence-electron chi connectivity index (χ2n) is 5.71. The molecule has 0 heterocycles. The van der Waals surface area contributed by atoms with Gasteiger partial charge in [-0.3, -0.25) is 0 Å². The lowest BCUT2D eigenvalue weighted by atomic mass is 10.2. The first-order chi connectivity index (χ1) is 12.2. The van der Waals surface area contributed by atoms with Gasteiger partial charge in [-0.15, -0.1) is 0 Å². The molecule has 0 amide bonds. The predicted molar refractivity (Wildman–Crippen MR) is 95.9 cm³/mol. The summed E-state index contributed by atoms with van der Waals surface area (Å²) in [5.41, 5.74) is 2.12. The van der Waals surface area contributed by atoms with Gasteiger partial charge in [-0.1, -0.05) is 24.3 Å². The molecule has 2 aromatic carbocycles. The first-order valence-electron chi connectivity index (χ1n) is 8.30. The highest BCUT2D eigenvalue weighted by Gasteiger charge is 2.05. The van der Waals surface area contributed by atoms with Gasteiger partial charge in [-0.05, 0) is 41.8 Å². The van der Waals surface area contributed by atoms with E-state index in [-0.39, 0.29) is 6.61 Å². The Kier molecular flexibility index (Phi) is 8.25. The maximum absolute atomic E-state index is 9.93. The average molecular weight is 346 g/mol. The third-order valence-corrected chi connectivity index (χ3v) is 3.76. The molecule has 0 bridgehead atoms. The second kappa shape index (κ2) is 10.7. The number of rotatable bonds is 11. The van der Waals surface area contributed by atoms with Gasteiger partial charge in [-0.2, -0.15) is 0 Å². The number of hydrogen-bond acceptors (Lipinski definition) is 5. The quantitative estimate of drug-likeness (QED) is 0.633. The van der Waals surface area contributed by atoms with Crippen molar-refractivity contribution in [2.75, 3.05) is 27.4 Å². The fourth-order valence-electron chi connectivity index (χ4n) is 2.25. The summed E-state index contributed by atoms with van der Waals surface area (Å²) in [6, 6.07) is 15.4. The van der Waals surface area contributed by atoms with Gasteiger partial charge in [0.25, 0.3) is 0 Å². The lowest BCUT2D eigenvalue weighted by molar-refractivity contribution is 0.00521. The van der Waals surface area contributed by atoms with Gasteiger partial charge in [0.05, 0.1) is 40.1 Å². The summed E-state index contributed by atoms with van der Waals surface area (Å²) in [7, 11) is 3.28. The zero-order valence-electron chi connectivity index (χ0n) is 14.8. The Balaban J connectivity index is 1.56. The highest BCUT2D eigenvalue weighted by molar-refractivity contribution is 5.27. The number of aliphatic hydroxyl groups is 1. The van der Waals surface area contributed by atoms with Crippen molar-refractivity contribution in [1.82, 2.24) is 0 Å². The van der Waals surface area contributed by atoms with Crippen molar-refractivity contribution in [3.8, 4) is 11.5 Å². The maximum Gasteiger partial charge on any atom is 0.118 e. The summed E-state index contributed by atoms with van der Waals surface area (Å²) >= 11 is 0. The summed E-state index contributed by atoms with van der Waals surface area (Å²) < 4.78 is 21.3. The van der Waals surface area contributed by atoms with E-state index in [9.17, 15) is 5.11 Å². The molecule has 0 aliphatic rings. The Bertz CT molecular complexity index is 594. The smallest absolute Gasteiger partial charge is 0.118 e. The summed E-state index contributed by atoms with van der Waals surface area (Å²) in [6.07, 6.45) is 0.00722. The van der Waals surface area contributed by atoms with Gasteiger partial charge in [0.2, 0.25) is 0 Å². The molecule has 1 atom stereocenters. The molecule has 2 aromatic rings. The molecular formula is C20H26O5. The van der Waals surface area contributed by atoms with Crippen LogP contribution in [-0.4, -0.2) is 38.6 Å². The molecular weight excluding hydrogens is 320 g/mol. The zero-order chi connectivity index (χ0) is 17.9. The van der Waals surface area contributed by atoms with E-state index in [2.05, 4.69) is 0 Å². The maximum atomic E-state index is 9.93. The Morgan fingerprint density at radius 1 is 0.760 bits per heavy atom. The number of aliphatic hydroxyl groups excluding tert-OH is 1. The minimum absolute atomic E-state index is 0.290. The molecule has 136 valence electrons. The minimum atomic E-state index is -0.533. The highest BCUT2D eigenvalue weighted by atomic mass is 16.5. The number of methoxy groups -OCH3 is 2. The molecule has 0 unspecified atom stereocenters. The minimum Gasteiger partial charge on any atom is -0.497 e. The third kappa shape index (κ3) is 7.13. The van der Waals surface area contributed by atoms with E-state index in [1.807, 2.05) is 48.5 Å². The first kappa shape index (κ1) is 19.2. The largest absolute Gasteiger partial charge is 0.497 e. The van der Waals surface area contributed by atoms with E-state index in [1.165, 1.54) is 0 Å². The fourth-order valence-corrected chi connectivity index (χ4v) is 2.25. The topological polar surface area (TPSA) is 57.2 Å². The monoisotopic (exact) mass is 346 g/mol. The average Bonchev–Trinajstić information content (AvgIpc) is 2.66. The van der Waals surface area contributed by atoms with Crippen molar-refractivity contribution in [3.63, 3.8) is 0 Å². The number of ether oxygens (including phenoxy) is 4. The van der Waals surface area contributed by atoms with E-state index in [0.29, 0.717) is 26.2 Å². The summed E-state index contributed by atoms with van der Waals surface area (Å²) in [6.45, 7) is 1.76. The van der Waals surface area contributed by atoms with Crippen LogP contribution < -0.4 is 9.47 Å². The summed E-state index contributed by atoms with van der Waals surface area (Å²) in [4.78, 5) is 0. The van der Waals surface area contributed by atoms with Crippen LogP contribution in [0.5, 0.6) is 11.5 Å². The van der Waals surface area contributed by atoms with Crippen LogP contribution in [0.4, 0.5) is 0 Å². The highest BCUT2D eigenvalue weighted by Crippen LogP contribution is 2.13. The normalized spacial score (nSPS) is 12.0. The zero-order valence-corrected chi connectivity index (χ0v) is 14.8. The van der Waals surface area contributed by atoms with Crippen LogP contribution in [0.2, 0.25) is 0 Å². The predicted octanol–water partition coefficient (Wildman–Crippen LogP) is 3.19. The molecule has 0 saturated carbocycles. The van der Waals surface area contributed by atoms with E-state index in [1.54, 1.807) is 14.2 Å². The van der Waals surface area contributed by atoms with Gasteiger partial charge in [-0.25, -0.2) is 0 Å². The molecule has 0 aliphatic carbocycles. The molecule has 0 aliphatic heterocycles. The lowest BCUT2D eigenvalue weighted by Crippen LogP contribution is -2.17. The Morgan fingerprint density at radius 3 is 1.72 bits per heavy atom. The standard InChI is InChI=1S/C20H26O5/c1-22-19-7-3-16(4-8-19)13-24-12-11-18(21)15-25-14-17-5-9-20(23-2)10-6-17/h3-10,18,21H,11-15H2,1-2H3/t18-/m0/s1. The van der Waals surface area contributed by atoms with Gasteiger partial charge < -0.3 is 24.1 Å². The van der Waals surface area contributed by atoms with Crippen LogP contribution in [-0.2, 0) is 22.7 Å². The molecule has 5 heteroatoms. The molecule has 1 N–H and O–H groups in total. The first-order valence-corrected chi connectivity index (χ1v) is 8.30. The van der Waals surface area contributed by atoms with Crippen molar-refractivity contribution >= 4 is 0 Å². The van der Waals surface area contributed by atoms with Crippen LogP contribution in [0.3, 0.4) is 0 Å². The third-order valence-electron chi connectivity index (χ3n) is 3.76. The Hall–Kier alpha value is -2.08. The van der Waals surface area contributed by atoms with Crippen molar-refractivity contribution in [2.45, 2.75) is 25.7 Å². The number of hydrogen-bond donors (Lipinski definition) is 1. The van der Waals surface area contributed by atoms with Crippen LogP contribution >= 0.6 is 0 Å². The SMILES string of the molecule is COc1ccc(COCC[C@H](O)COCc2ccc(OC)cc2)cc1. The van der Waals surface area contributed by atoms with Crippen molar-refractivity contribution in [2.24, 2.45) is 0 Å². The summed E-state index contributed by atoms with van der Waals surface area (Å²) in [5, 5.41) is 9.93. The van der Waals surface area contributed by atoms with E-state index in [0.717, 1.165) is 22.6 Å². The Labute approximate surface area is 149 Å². The van der Waals surface area contributed by atoms with E-state index < -0.39 is 6.10 Å². The molecule has 5 nitrogen and oxygen atoms in total. The molecule has 0 fully saturated rings.